The van der Waals surface area contributed by atoms with Crippen LogP contribution in [0.4, 0.5) is 5.69 Å². The van der Waals surface area contributed by atoms with Gasteiger partial charge in [0.2, 0.25) is 10.0 Å². The molecule has 5 rings (SSSR count). The zero-order chi connectivity index (χ0) is 24.7. The van der Waals surface area contributed by atoms with E-state index in [0.717, 1.165) is 0 Å². The van der Waals surface area contributed by atoms with E-state index in [1.165, 1.54) is 33.5 Å². The van der Waals surface area contributed by atoms with E-state index in [4.69, 9.17) is 9.15 Å². The van der Waals surface area contributed by atoms with Gasteiger partial charge in [-0.05, 0) is 36.8 Å². The van der Waals surface area contributed by atoms with Gasteiger partial charge < -0.3 is 19.4 Å². The summed E-state index contributed by atoms with van der Waals surface area (Å²) < 4.78 is 38.6. The van der Waals surface area contributed by atoms with E-state index in [-0.39, 0.29) is 42.5 Å². The Morgan fingerprint density at radius 3 is 2.54 bits per heavy atom. The van der Waals surface area contributed by atoms with Crippen molar-refractivity contribution < 1.29 is 27.2 Å². The number of benzene rings is 2. The third kappa shape index (κ3) is 4.17. The molecule has 11 heteroatoms. The van der Waals surface area contributed by atoms with Crippen molar-refractivity contribution in [3.8, 4) is 5.75 Å². The number of fused-ring (bicyclic) bond motifs is 2. The number of sulfonamides is 1. The maximum atomic E-state index is 13.2. The number of nitrogens with zero attached hydrogens (tertiary/aromatic N) is 2. The van der Waals surface area contributed by atoms with Gasteiger partial charge in [-0.25, -0.2) is 13.2 Å². The molecule has 1 atom stereocenters. The van der Waals surface area contributed by atoms with Gasteiger partial charge in [-0.3, -0.25) is 9.59 Å². The molecule has 2 aliphatic heterocycles. The Kier molecular flexibility index (Phi) is 5.81. The van der Waals surface area contributed by atoms with Gasteiger partial charge in [0.25, 0.3) is 11.8 Å². The molecule has 0 saturated carbocycles. The van der Waals surface area contributed by atoms with Crippen LogP contribution >= 0.6 is 0 Å². The van der Waals surface area contributed by atoms with Crippen molar-refractivity contribution in [2.75, 3.05) is 31.5 Å². The number of para-hydroxylation sites is 1. The molecule has 1 N–H and O–H groups in total. The summed E-state index contributed by atoms with van der Waals surface area (Å²) in [6.45, 7) is 2.18. The highest BCUT2D eigenvalue weighted by Crippen LogP contribution is 2.33. The van der Waals surface area contributed by atoms with Crippen LogP contribution in [-0.4, -0.2) is 61.7 Å². The van der Waals surface area contributed by atoms with Crippen molar-refractivity contribution >= 4 is 38.5 Å². The molecule has 1 aromatic heterocycles. The normalized spacial score (nSPS) is 18.6. The summed E-state index contributed by atoms with van der Waals surface area (Å²) in [6.07, 6.45) is -0.115. The molecular weight excluding hydrogens is 474 g/mol. The number of amides is 2. The van der Waals surface area contributed by atoms with Crippen LogP contribution in [0.5, 0.6) is 5.75 Å². The second kappa shape index (κ2) is 8.82. The van der Waals surface area contributed by atoms with Crippen LogP contribution in [0.25, 0.3) is 11.0 Å². The number of hydrogen-bond acceptors (Lipinski definition) is 7. The van der Waals surface area contributed by atoms with Gasteiger partial charge in [-0.2, -0.15) is 4.31 Å². The Morgan fingerprint density at radius 1 is 1.06 bits per heavy atom. The maximum Gasteiger partial charge on any atom is 0.349 e. The standard InChI is InChI=1S/C24H23N3O7S/c1-2-19-22(28)25-18-14-16(7-8-21(18)33-19)35(31,32)27-11-9-26(10-12-27)23(29)17-13-15-5-3-4-6-20(15)34-24(17)30/h3-8,13-14,19H,2,9-12H2,1H3,(H,25,28)/t19-/m0/s1. The number of hydrogen-bond donors (Lipinski definition) is 1. The lowest BCUT2D eigenvalue weighted by Crippen LogP contribution is -2.51. The van der Waals surface area contributed by atoms with Gasteiger partial charge in [-0.1, -0.05) is 25.1 Å². The van der Waals surface area contributed by atoms with Crippen LogP contribution in [0.1, 0.15) is 23.7 Å². The molecule has 0 aliphatic carbocycles. The number of carbonyl (C=O) groups is 2. The third-order valence-electron chi connectivity index (χ3n) is 6.18. The van der Waals surface area contributed by atoms with Gasteiger partial charge in [0, 0.05) is 31.6 Å². The Hall–Kier alpha value is -3.70. The number of carbonyl (C=O) groups excluding carboxylic acids is 2. The minimum absolute atomic E-state index is 0.0186. The minimum Gasteiger partial charge on any atom is -0.478 e. The average Bonchev–Trinajstić information content (AvgIpc) is 2.87. The molecule has 35 heavy (non-hydrogen) atoms. The minimum atomic E-state index is -3.87. The predicted molar refractivity (Wildman–Crippen MR) is 127 cm³/mol. The lowest BCUT2D eigenvalue weighted by atomic mass is 10.1. The number of anilines is 1. The zero-order valence-corrected chi connectivity index (χ0v) is 19.7. The summed E-state index contributed by atoms with van der Waals surface area (Å²) >= 11 is 0. The first-order valence-electron chi connectivity index (χ1n) is 11.2. The Bertz CT molecular complexity index is 1490. The topological polar surface area (TPSA) is 126 Å². The van der Waals surface area contributed by atoms with Gasteiger partial charge in [-0.15, -0.1) is 0 Å². The Balaban J connectivity index is 1.31. The smallest absolute Gasteiger partial charge is 0.349 e. The van der Waals surface area contributed by atoms with Crippen molar-refractivity contribution in [1.82, 2.24) is 9.21 Å². The summed E-state index contributed by atoms with van der Waals surface area (Å²) in [4.78, 5) is 38.9. The maximum absolute atomic E-state index is 13.2. The van der Waals surface area contributed by atoms with Gasteiger partial charge in [0.1, 0.15) is 16.9 Å². The van der Waals surface area contributed by atoms with Crippen LogP contribution < -0.4 is 15.7 Å². The molecule has 2 aromatic carbocycles. The number of rotatable bonds is 4. The number of nitrogens with one attached hydrogen (secondary N) is 1. The number of piperazine rings is 1. The first-order chi connectivity index (χ1) is 16.8. The summed E-state index contributed by atoms with van der Waals surface area (Å²) in [5, 5.41) is 3.33. The molecule has 3 aromatic rings. The fraction of sp³-hybridized carbons (Fsp3) is 0.292. The van der Waals surface area contributed by atoms with E-state index in [2.05, 4.69) is 5.32 Å². The third-order valence-corrected chi connectivity index (χ3v) is 8.07. The van der Waals surface area contributed by atoms with Crippen molar-refractivity contribution in [3.05, 3.63) is 64.5 Å². The quantitative estimate of drug-likeness (QED) is 0.547. The highest BCUT2D eigenvalue weighted by molar-refractivity contribution is 7.89. The highest BCUT2D eigenvalue weighted by atomic mass is 32.2. The largest absolute Gasteiger partial charge is 0.478 e. The molecule has 0 unspecified atom stereocenters. The van der Waals surface area contributed by atoms with E-state index in [1.54, 1.807) is 24.3 Å². The lowest BCUT2D eigenvalue weighted by Gasteiger charge is -2.34. The SMILES string of the molecule is CC[C@@H]1Oc2ccc(S(=O)(=O)N3CCN(C(=O)c4cc5ccccc5oc4=O)CC3)cc2NC1=O. The predicted octanol–water partition coefficient (Wildman–Crippen LogP) is 2.05. The van der Waals surface area contributed by atoms with Crippen LogP contribution in [-0.2, 0) is 14.8 Å². The van der Waals surface area contributed by atoms with Gasteiger partial charge in [0.05, 0.1) is 10.6 Å². The molecule has 0 bridgehead atoms. The monoisotopic (exact) mass is 497 g/mol. The molecule has 10 nitrogen and oxygen atoms in total. The van der Waals surface area contributed by atoms with E-state index in [0.29, 0.717) is 28.8 Å². The van der Waals surface area contributed by atoms with Crippen molar-refractivity contribution in [2.24, 2.45) is 0 Å². The number of ether oxygens (including phenoxy) is 1. The summed E-state index contributed by atoms with van der Waals surface area (Å²) in [7, 11) is -3.87. The second-order valence-electron chi connectivity index (χ2n) is 8.34. The van der Waals surface area contributed by atoms with Crippen molar-refractivity contribution in [2.45, 2.75) is 24.3 Å². The molecule has 2 aliphatic rings. The van der Waals surface area contributed by atoms with Crippen LogP contribution in [0.3, 0.4) is 0 Å². The van der Waals surface area contributed by atoms with Crippen LogP contribution in [0.15, 0.2) is 62.6 Å². The van der Waals surface area contributed by atoms with Gasteiger partial charge in [0.15, 0.2) is 6.10 Å². The molecule has 2 amide bonds. The molecule has 182 valence electrons. The van der Waals surface area contributed by atoms with Crippen LogP contribution in [0.2, 0.25) is 0 Å². The summed E-state index contributed by atoms with van der Waals surface area (Å²) in [6, 6.07) is 12.8. The van der Waals surface area contributed by atoms with E-state index >= 15 is 0 Å². The zero-order valence-electron chi connectivity index (χ0n) is 18.9. The molecule has 3 heterocycles. The first kappa shape index (κ1) is 23.1. The molecule has 0 spiro atoms. The second-order valence-corrected chi connectivity index (χ2v) is 10.3. The van der Waals surface area contributed by atoms with Crippen molar-refractivity contribution in [1.29, 1.82) is 0 Å². The van der Waals surface area contributed by atoms with E-state index in [9.17, 15) is 22.8 Å². The van der Waals surface area contributed by atoms with E-state index in [1.807, 2.05) is 6.92 Å². The molecule has 1 fully saturated rings. The Labute approximate surface area is 201 Å². The fourth-order valence-electron chi connectivity index (χ4n) is 4.22. The van der Waals surface area contributed by atoms with Crippen LogP contribution in [0, 0.1) is 0 Å². The molecule has 0 radical (unpaired) electrons. The molecule has 1 saturated heterocycles. The van der Waals surface area contributed by atoms with Crippen molar-refractivity contribution in [3.63, 3.8) is 0 Å². The lowest BCUT2D eigenvalue weighted by molar-refractivity contribution is -0.123. The highest BCUT2D eigenvalue weighted by Gasteiger charge is 2.33. The van der Waals surface area contributed by atoms with E-state index < -0.39 is 27.7 Å². The summed E-state index contributed by atoms with van der Waals surface area (Å²) in [5.74, 6) is -0.402. The Morgan fingerprint density at radius 2 is 1.80 bits per heavy atom. The van der Waals surface area contributed by atoms with Gasteiger partial charge >= 0.3 is 5.63 Å². The average molecular weight is 498 g/mol. The first-order valence-corrected chi connectivity index (χ1v) is 12.7. The molecular formula is C24H23N3O7S. The summed E-state index contributed by atoms with van der Waals surface area (Å²) in [5.41, 5.74) is -0.123. The fourth-order valence-corrected chi connectivity index (χ4v) is 5.67.